The molecule has 1 aromatic heterocycles. The maximum Gasteiger partial charge on any atom is 0.137 e. The molecule has 5 nitrogen and oxygen atoms in total. The van der Waals surface area contributed by atoms with Gasteiger partial charge in [0.15, 0.2) is 0 Å². The first-order valence-electron chi connectivity index (χ1n) is 5.88. The monoisotopic (exact) mass is 267 g/mol. The third-order valence-corrected chi connectivity index (χ3v) is 3.66. The fraction of sp³-hybridized carbons (Fsp3) is 0.583. The van der Waals surface area contributed by atoms with Gasteiger partial charge in [0.2, 0.25) is 0 Å². The van der Waals surface area contributed by atoms with Gasteiger partial charge in [-0.25, -0.2) is 0 Å². The molecule has 18 heavy (non-hydrogen) atoms. The van der Waals surface area contributed by atoms with E-state index in [4.69, 9.17) is 5.11 Å². The maximum absolute atomic E-state index is 9.31. The highest BCUT2D eigenvalue weighted by atomic mass is 32.2. The smallest absolute Gasteiger partial charge is 0.137 e. The van der Waals surface area contributed by atoms with E-state index in [9.17, 15) is 10.4 Å². The molecule has 0 saturated heterocycles. The minimum atomic E-state index is -0.806. The van der Waals surface area contributed by atoms with Crippen molar-refractivity contribution in [2.45, 2.75) is 37.8 Å². The average Bonchev–Trinajstić information content (AvgIpc) is 2.43. The van der Waals surface area contributed by atoms with Crippen molar-refractivity contribution in [3.8, 4) is 6.07 Å². The van der Waals surface area contributed by atoms with Crippen LogP contribution in [-0.2, 0) is 12.8 Å². The van der Waals surface area contributed by atoms with Crippen LogP contribution in [0.1, 0.15) is 30.7 Å². The van der Waals surface area contributed by atoms with Crippen LogP contribution in [0, 0.1) is 11.3 Å². The molecule has 0 radical (unpaired) electrons. The first kappa shape index (κ1) is 14.9. The summed E-state index contributed by atoms with van der Waals surface area (Å²) in [5.41, 5.74) is 2.32. The summed E-state index contributed by atoms with van der Waals surface area (Å²) in [6.07, 6.45) is 0.673. The quantitative estimate of drug-likeness (QED) is 0.745. The Labute approximate surface area is 111 Å². The number of aliphatic hydroxyl groups is 2. The molecule has 0 aliphatic carbocycles. The lowest BCUT2D eigenvalue weighted by Crippen LogP contribution is -2.15. The maximum atomic E-state index is 9.31. The molecule has 0 spiro atoms. The fourth-order valence-corrected chi connectivity index (χ4v) is 2.47. The van der Waals surface area contributed by atoms with Crippen molar-refractivity contribution in [2.24, 2.45) is 0 Å². The van der Waals surface area contributed by atoms with Gasteiger partial charge >= 0.3 is 0 Å². The highest BCUT2D eigenvalue weighted by Crippen LogP contribution is 2.24. The van der Waals surface area contributed by atoms with Gasteiger partial charge in [0, 0.05) is 5.75 Å². The number of aliphatic hydroxyl groups excluding tert-OH is 2. The van der Waals surface area contributed by atoms with E-state index in [0.717, 1.165) is 24.1 Å². The molecule has 2 N–H and O–H groups in total. The van der Waals surface area contributed by atoms with Crippen molar-refractivity contribution in [1.82, 2.24) is 10.2 Å². The Balaban J connectivity index is 3.02. The van der Waals surface area contributed by atoms with Crippen LogP contribution in [0.3, 0.4) is 0 Å². The van der Waals surface area contributed by atoms with E-state index in [-0.39, 0.29) is 6.61 Å². The molecule has 0 bridgehead atoms. The van der Waals surface area contributed by atoms with Crippen LogP contribution in [0.5, 0.6) is 0 Å². The van der Waals surface area contributed by atoms with E-state index in [0.29, 0.717) is 16.3 Å². The second-order valence-corrected chi connectivity index (χ2v) is 4.78. The Bertz CT molecular complexity index is 446. The van der Waals surface area contributed by atoms with E-state index >= 15 is 0 Å². The van der Waals surface area contributed by atoms with E-state index in [1.165, 1.54) is 11.8 Å². The molecule has 0 aliphatic heterocycles. The van der Waals surface area contributed by atoms with E-state index in [2.05, 4.69) is 16.3 Å². The fourth-order valence-electron chi connectivity index (χ4n) is 1.60. The van der Waals surface area contributed by atoms with Gasteiger partial charge in [-0.1, -0.05) is 13.8 Å². The number of rotatable bonds is 6. The van der Waals surface area contributed by atoms with E-state index in [1.807, 2.05) is 13.8 Å². The third-order valence-electron chi connectivity index (χ3n) is 2.55. The molecule has 0 saturated carbocycles. The summed E-state index contributed by atoms with van der Waals surface area (Å²) in [5, 5.41) is 36.0. The van der Waals surface area contributed by atoms with Gasteiger partial charge in [0.1, 0.15) is 11.1 Å². The van der Waals surface area contributed by atoms with Gasteiger partial charge in [-0.05, 0) is 18.4 Å². The topological polar surface area (TPSA) is 90.0 Å². The standard InChI is InChI=1S/C12H17N3O2S/c1-3-9-10(5-13)12(15-14-11(9)4-2)18-7-8(17)6-16/h8,16-17H,3-4,6-7H2,1-2H3. The largest absolute Gasteiger partial charge is 0.394 e. The second-order valence-electron chi connectivity index (χ2n) is 3.77. The molecule has 0 amide bonds. The zero-order chi connectivity index (χ0) is 13.5. The normalized spacial score (nSPS) is 12.2. The summed E-state index contributed by atoms with van der Waals surface area (Å²) in [5.74, 6) is 0.300. The summed E-state index contributed by atoms with van der Waals surface area (Å²) >= 11 is 1.25. The first-order chi connectivity index (χ1) is 8.67. The molecule has 1 heterocycles. The lowest BCUT2D eigenvalue weighted by atomic mass is 10.1. The van der Waals surface area contributed by atoms with Crippen LogP contribution in [0.15, 0.2) is 5.03 Å². The number of hydrogen-bond acceptors (Lipinski definition) is 6. The van der Waals surface area contributed by atoms with Gasteiger partial charge in [-0.3, -0.25) is 0 Å². The lowest BCUT2D eigenvalue weighted by molar-refractivity contribution is 0.113. The van der Waals surface area contributed by atoms with Gasteiger partial charge < -0.3 is 10.2 Å². The van der Waals surface area contributed by atoms with Crippen molar-refractivity contribution in [1.29, 1.82) is 5.26 Å². The van der Waals surface area contributed by atoms with Crippen molar-refractivity contribution in [3.05, 3.63) is 16.8 Å². The van der Waals surface area contributed by atoms with Crippen LogP contribution in [-0.4, -0.2) is 38.9 Å². The zero-order valence-electron chi connectivity index (χ0n) is 10.6. The predicted octanol–water partition coefficient (Wildman–Crippen LogP) is 0.918. The Kier molecular flexibility index (Phi) is 6.05. The molecule has 1 rings (SSSR count). The predicted molar refractivity (Wildman–Crippen MR) is 69.3 cm³/mol. The zero-order valence-corrected chi connectivity index (χ0v) is 11.4. The van der Waals surface area contributed by atoms with Gasteiger partial charge in [-0.15, -0.1) is 16.9 Å². The molecule has 1 atom stereocenters. The second kappa shape index (κ2) is 7.31. The Morgan fingerprint density at radius 3 is 2.56 bits per heavy atom. The summed E-state index contributed by atoms with van der Waals surface area (Å²) < 4.78 is 0. The molecule has 0 aliphatic rings. The molecule has 98 valence electrons. The molecular formula is C12H17N3O2S. The lowest BCUT2D eigenvalue weighted by Gasteiger charge is -2.11. The summed E-state index contributed by atoms with van der Waals surface area (Å²) in [6, 6.07) is 2.16. The summed E-state index contributed by atoms with van der Waals surface area (Å²) in [7, 11) is 0. The van der Waals surface area contributed by atoms with Crippen LogP contribution < -0.4 is 0 Å². The SMILES string of the molecule is CCc1nnc(SCC(O)CO)c(C#N)c1CC. The molecule has 1 unspecified atom stereocenters. The minimum absolute atomic E-state index is 0.296. The number of aryl methyl sites for hydroxylation is 1. The molecule has 0 aromatic carbocycles. The molecule has 0 fully saturated rings. The highest BCUT2D eigenvalue weighted by molar-refractivity contribution is 7.99. The third kappa shape index (κ3) is 3.42. The van der Waals surface area contributed by atoms with E-state index < -0.39 is 6.10 Å². The highest BCUT2D eigenvalue weighted by Gasteiger charge is 2.15. The minimum Gasteiger partial charge on any atom is -0.394 e. The number of aromatic nitrogens is 2. The van der Waals surface area contributed by atoms with Gasteiger partial charge in [0.05, 0.1) is 24.0 Å². The van der Waals surface area contributed by atoms with Crippen LogP contribution in [0.4, 0.5) is 0 Å². The van der Waals surface area contributed by atoms with Crippen LogP contribution >= 0.6 is 11.8 Å². The number of thioether (sulfide) groups is 1. The van der Waals surface area contributed by atoms with E-state index in [1.54, 1.807) is 0 Å². The average molecular weight is 267 g/mol. The number of nitriles is 1. The number of hydrogen-bond donors (Lipinski definition) is 2. The number of nitrogens with zero attached hydrogens (tertiary/aromatic N) is 3. The van der Waals surface area contributed by atoms with Gasteiger partial charge in [-0.2, -0.15) is 10.4 Å². The molecule has 1 aromatic rings. The van der Waals surface area contributed by atoms with Crippen molar-refractivity contribution in [2.75, 3.05) is 12.4 Å². The Hall–Kier alpha value is -1.16. The van der Waals surface area contributed by atoms with Crippen LogP contribution in [0.25, 0.3) is 0 Å². The Morgan fingerprint density at radius 2 is 2.06 bits per heavy atom. The van der Waals surface area contributed by atoms with Crippen molar-refractivity contribution in [3.63, 3.8) is 0 Å². The Morgan fingerprint density at radius 1 is 1.33 bits per heavy atom. The van der Waals surface area contributed by atoms with Crippen molar-refractivity contribution >= 4 is 11.8 Å². The summed E-state index contributed by atoms with van der Waals surface area (Å²) in [6.45, 7) is 3.66. The van der Waals surface area contributed by atoms with Crippen LogP contribution in [0.2, 0.25) is 0 Å². The molecular weight excluding hydrogens is 250 g/mol. The first-order valence-corrected chi connectivity index (χ1v) is 6.86. The summed E-state index contributed by atoms with van der Waals surface area (Å²) in [4.78, 5) is 0. The van der Waals surface area contributed by atoms with Crippen molar-refractivity contribution < 1.29 is 10.2 Å². The van der Waals surface area contributed by atoms with Gasteiger partial charge in [0.25, 0.3) is 0 Å². The molecule has 6 heteroatoms.